The summed E-state index contributed by atoms with van der Waals surface area (Å²) in [6.45, 7) is 5.78. The van der Waals surface area contributed by atoms with Gasteiger partial charge in [-0.2, -0.15) is 0 Å². The summed E-state index contributed by atoms with van der Waals surface area (Å²) in [6, 6.07) is -0.336. The van der Waals surface area contributed by atoms with Crippen molar-refractivity contribution in [2.24, 2.45) is 5.41 Å². The molecule has 0 aliphatic carbocycles. The second-order valence-corrected chi connectivity index (χ2v) is 4.88. The van der Waals surface area contributed by atoms with Crippen LogP contribution in [0.2, 0.25) is 0 Å². The molecule has 1 atom stereocenters. The molecule has 0 aromatic rings. The second kappa shape index (κ2) is 4.18. The van der Waals surface area contributed by atoms with Crippen molar-refractivity contribution in [1.82, 2.24) is 10.2 Å². The zero-order valence-corrected chi connectivity index (χ0v) is 9.41. The maximum Gasteiger partial charge on any atom is 0.239 e. The molecule has 5 nitrogen and oxygen atoms in total. The van der Waals surface area contributed by atoms with E-state index in [0.717, 1.165) is 0 Å². The number of carbonyl (C=O) groups is 2. The summed E-state index contributed by atoms with van der Waals surface area (Å²) in [5.74, 6) is -0.270. The number of rotatable bonds is 1. The molecular weight excluding hydrogens is 196 g/mol. The van der Waals surface area contributed by atoms with Gasteiger partial charge in [0.1, 0.15) is 0 Å². The molecule has 0 aromatic carbocycles. The van der Waals surface area contributed by atoms with Gasteiger partial charge in [-0.05, 0) is 0 Å². The number of hydrogen-bond donors (Lipinski definition) is 2. The Bertz CT molecular complexity index is 270. The topological polar surface area (TPSA) is 69.6 Å². The Morgan fingerprint density at radius 1 is 1.60 bits per heavy atom. The minimum absolute atomic E-state index is 0.0594. The smallest absolute Gasteiger partial charge is 0.239 e. The lowest BCUT2D eigenvalue weighted by atomic mass is 9.94. The van der Waals surface area contributed by atoms with Gasteiger partial charge in [-0.3, -0.25) is 9.59 Å². The molecule has 1 aliphatic rings. The van der Waals surface area contributed by atoms with Gasteiger partial charge in [0, 0.05) is 12.0 Å². The van der Waals surface area contributed by atoms with Gasteiger partial charge in [0.2, 0.25) is 11.8 Å². The number of nitrogens with zero attached hydrogens (tertiary/aromatic N) is 1. The number of piperazine rings is 1. The zero-order valence-electron chi connectivity index (χ0n) is 9.41. The van der Waals surface area contributed by atoms with Gasteiger partial charge in [-0.1, -0.05) is 20.8 Å². The van der Waals surface area contributed by atoms with Crippen LogP contribution in [0, 0.1) is 5.41 Å². The summed E-state index contributed by atoms with van der Waals surface area (Å²) in [5.41, 5.74) is -0.488. The summed E-state index contributed by atoms with van der Waals surface area (Å²) in [6.07, 6.45) is 0. The van der Waals surface area contributed by atoms with E-state index in [4.69, 9.17) is 5.11 Å². The molecule has 86 valence electrons. The van der Waals surface area contributed by atoms with Gasteiger partial charge < -0.3 is 15.3 Å². The first-order chi connectivity index (χ1) is 6.84. The molecule has 0 saturated carbocycles. The predicted molar refractivity (Wildman–Crippen MR) is 55.1 cm³/mol. The van der Waals surface area contributed by atoms with Gasteiger partial charge in [0.25, 0.3) is 0 Å². The van der Waals surface area contributed by atoms with E-state index in [9.17, 15) is 9.59 Å². The van der Waals surface area contributed by atoms with Crippen LogP contribution in [0.3, 0.4) is 0 Å². The number of nitrogens with one attached hydrogen (secondary N) is 1. The Morgan fingerprint density at radius 3 is 2.67 bits per heavy atom. The third-order valence-electron chi connectivity index (χ3n) is 2.29. The number of carbonyl (C=O) groups excluding carboxylic acids is 2. The lowest BCUT2D eigenvalue weighted by Crippen LogP contribution is -2.58. The zero-order chi connectivity index (χ0) is 11.6. The highest BCUT2D eigenvalue weighted by atomic mass is 16.3. The summed E-state index contributed by atoms with van der Waals surface area (Å²) in [7, 11) is 0. The summed E-state index contributed by atoms with van der Waals surface area (Å²) < 4.78 is 0. The van der Waals surface area contributed by atoms with Crippen LogP contribution >= 0.6 is 0 Å². The SMILES string of the molecule is CC(C)(C)C(=O)N1CC(=O)N[C@@H](CO)C1. The van der Waals surface area contributed by atoms with Crippen molar-refractivity contribution in [3.05, 3.63) is 0 Å². The van der Waals surface area contributed by atoms with E-state index in [1.165, 1.54) is 4.90 Å². The van der Waals surface area contributed by atoms with Gasteiger partial charge in [-0.15, -0.1) is 0 Å². The van der Waals surface area contributed by atoms with Crippen molar-refractivity contribution in [3.8, 4) is 0 Å². The van der Waals surface area contributed by atoms with Crippen molar-refractivity contribution in [3.63, 3.8) is 0 Å². The molecule has 0 radical (unpaired) electrons. The molecule has 15 heavy (non-hydrogen) atoms. The average molecular weight is 214 g/mol. The Morgan fingerprint density at radius 2 is 2.20 bits per heavy atom. The average Bonchev–Trinajstić information content (AvgIpc) is 2.14. The van der Waals surface area contributed by atoms with E-state index in [-0.39, 0.29) is 31.0 Å². The van der Waals surface area contributed by atoms with E-state index >= 15 is 0 Å². The van der Waals surface area contributed by atoms with Crippen molar-refractivity contribution in [1.29, 1.82) is 0 Å². The number of amides is 2. The number of aliphatic hydroxyl groups excluding tert-OH is 1. The fourth-order valence-electron chi connectivity index (χ4n) is 1.56. The highest BCUT2D eigenvalue weighted by molar-refractivity contribution is 5.88. The molecule has 2 N–H and O–H groups in total. The van der Waals surface area contributed by atoms with E-state index in [1.807, 2.05) is 20.8 Å². The highest BCUT2D eigenvalue weighted by Crippen LogP contribution is 2.18. The quantitative estimate of drug-likeness (QED) is 0.609. The lowest BCUT2D eigenvalue weighted by Gasteiger charge is -2.35. The monoisotopic (exact) mass is 214 g/mol. The molecule has 2 amide bonds. The fraction of sp³-hybridized carbons (Fsp3) is 0.800. The van der Waals surface area contributed by atoms with Crippen LogP contribution < -0.4 is 5.32 Å². The van der Waals surface area contributed by atoms with Crippen LogP contribution in [-0.4, -0.2) is 47.6 Å². The van der Waals surface area contributed by atoms with Crippen molar-refractivity contribution >= 4 is 11.8 Å². The van der Waals surface area contributed by atoms with E-state index < -0.39 is 5.41 Å². The van der Waals surface area contributed by atoms with Crippen LogP contribution in [0.5, 0.6) is 0 Å². The maximum atomic E-state index is 11.9. The molecule has 1 saturated heterocycles. The van der Waals surface area contributed by atoms with Crippen molar-refractivity contribution in [2.45, 2.75) is 26.8 Å². The van der Waals surface area contributed by atoms with Gasteiger partial charge in [-0.25, -0.2) is 0 Å². The molecule has 0 bridgehead atoms. The molecule has 1 heterocycles. The standard InChI is InChI=1S/C10H18N2O3/c1-10(2,3)9(15)12-4-7(6-13)11-8(14)5-12/h7,13H,4-6H2,1-3H3,(H,11,14)/t7-/m1/s1. The Balaban J connectivity index is 2.70. The van der Waals surface area contributed by atoms with Crippen LogP contribution in [0.15, 0.2) is 0 Å². The van der Waals surface area contributed by atoms with Gasteiger partial charge >= 0.3 is 0 Å². The Hall–Kier alpha value is -1.10. The highest BCUT2D eigenvalue weighted by Gasteiger charge is 2.33. The predicted octanol–water partition coefficient (Wildman–Crippen LogP) is -0.648. The van der Waals surface area contributed by atoms with Crippen LogP contribution in [0.25, 0.3) is 0 Å². The molecule has 0 unspecified atom stereocenters. The Labute approximate surface area is 89.4 Å². The minimum Gasteiger partial charge on any atom is -0.394 e. The summed E-state index contributed by atoms with van der Waals surface area (Å²) >= 11 is 0. The second-order valence-electron chi connectivity index (χ2n) is 4.88. The molecule has 0 aromatic heterocycles. The fourth-order valence-corrected chi connectivity index (χ4v) is 1.56. The minimum atomic E-state index is -0.488. The lowest BCUT2D eigenvalue weighted by molar-refractivity contribution is -0.146. The maximum absolute atomic E-state index is 11.9. The number of hydrogen-bond acceptors (Lipinski definition) is 3. The van der Waals surface area contributed by atoms with Crippen LogP contribution in [0.1, 0.15) is 20.8 Å². The molecule has 1 aliphatic heterocycles. The molecule has 0 spiro atoms. The van der Waals surface area contributed by atoms with Crippen molar-refractivity contribution < 1.29 is 14.7 Å². The van der Waals surface area contributed by atoms with Crippen LogP contribution in [0.4, 0.5) is 0 Å². The number of aliphatic hydroxyl groups is 1. The van der Waals surface area contributed by atoms with E-state index in [0.29, 0.717) is 6.54 Å². The van der Waals surface area contributed by atoms with E-state index in [2.05, 4.69) is 5.32 Å². The first-order valence-corrected chi connectivity index (χ1v) is 5.04. The molecule has 5 heteroatoms. The molecule has 1 rings (SSSR count). The van der Waals surface area contributed by atoms with Gasteiger partial charge in [0.15, 0.2) is 0 Å². The van der Waals surface area contributed by atoms with Gasteiger partial charge in [0.05, 0.1) is 19.2 Å². The largest absolute Gasteiger partial charge is 0.394 e. The van der Waals surface area contributed by atoms with Crippen molar-refractivity contribution in [2.75, 3.05) is 19.7 Å². The van der Waals surface area contributed by atoms with Crippen LogP contribution in [-0.2, 0) is 9.59 Å². The summed E-state index contributed by atoms with van der Waals surface area (Å²) in [5, 5.41) is 11.6. The van der Waals surface area contributed by atoms with E-state index in [1.54, 1.807) is 0 Å². The third kappa shape index (κ3) is 2.92. The normalized spacial score (nSPS) is 22.5. The summed E-state index contributed by atoms with van der Waals surface area (Å²) in [4.78, 5) is 24.6. The first-order valence-electron chi connectivity index (χ1n) is 5.04. The molecular formula is C10H18N2O3. The molecule has 1 fully saturated rings. The first kappa shape index (κ1) is 12.0. The Kier molecular flexibility index (Phi) is 3.34. The third-order valence-corrected chi connectivity index (χ3v) is 2.29.